The number of carbonyl (C=O) groups excluding carboxylic acids is 2. The highest BCUT2D eigenvalue weighted by atomic mass is 32.2. The largest absolute Gasteiger partial charge is 0.496 e. The highest BCUT2D eigenvalue weighted by molar-refractivity contribution is 8.26. The van der Waals surface area contributed by atoms with Crippen LogP contribution >= 0.6 is 24.0 Å². The monoisotopic (exact) mass is 466 g/mol. The molecule has 1 N–H and O–H groups in total. The molecular weight excluding hydrogens is 448 g/mol. The van der Waals surface area contributed by atoms with Gasteiger partial charge in [-0.15, -0.1) is 0 Å². The number of benzene rings is 2. The van der Waals surface area contributed by atoms with Crippen LogP contribution in [0.4, 0.5) is 5.69 Å². The van der Waals surface area contributed by atoms with Crippen LogP contribution in [0.1, 0.15) is 12.0 Å². The summed E-state index contributed by atoms with van der Waals surface area (Å²) in [6.45, 7) is 0.169. The van der Waals surface area contributed by atoms with Gasteiger partial charge >= 0.3 is 5.63 Å². The number of ether oxygens (including phenoxy) is 1. The van der Waals surface area contributed by atoms with Crippen LogP contribution in [0.25, 0.3) is 17.0 Å². The third-order valence-corrected chi connectivity index (χ3v) is 6.14. The van der Waals surface area contributed by atoms with Crippen molar-refractivity contribution in [2.45, 2.75) is 6.42 Å². The highest BCUT2D eigenvalue weighted by Gasteiger charge is 2.32. The zero-order valence-electron chi connectivity index (χ0n) is 17.0. The molecule has 7 nitrogen and oxygen atoms in total. The maximum atomic E-state index is 12.8. The predicted octanol–water partition coefficient (Wildman–Crippen LogP) is 4.03. The number of nitrogens with zero attached hydrogens (tertiary/aromatic N) is 1. The molecule has 162 valence electrons. The summed E-state index contributed by atoms with van der Waals surface area (Å²) in [5.74, 6) is 0.163. The fourth-order valence-corrected chi connectivity index (χ4v) is 4.51. The first-order valence-electron chi connectivity index (χ1n) is 9.67. The molecule has 9 heteroatoms. The van der Waals surface area contributed by atoms with E-state index in [0.717, 1.165) is 5.56 Å². The van der Waals surface area contributed by atoms with E-state index >= 15 is 0 Å². The fraction of sp³-hybridized carbons (Fsp3) is 0.130. The summed E-state index contributed by atoms with van der Waals surface area (Å²) < 4.78 is 10.8. The van der Waals surface area contributed by atoms with E-state index in [4.69, 9.17) is 21.4 Å². The van der Waals surface area contributed by atoms with Crippen molar-refractivity contribution < 1.29 is 18.7 Å². The molecule has 3 aromatic rings. The molecule has 4 rings (SSSR count). The predicted molar refractivity (Wildman–Crippen MR) is 129 cm³/mol. The second-order valence-corrected chi connectivity index (χ2v) is 8.56. The number of carbonyl (C=O) groups is 2. The normalized spacial score (nSPS) is 14.9. The number of amides is 2. The minimum Gasteiger partial charge on any atom is -0.496 e. The van der Waals surface area contributed by atoms with Crippen molar-refractivity contribution in [1.29, 1.82) is 0 Å². The van der Waals surface area contributed by atoms with Crippen molar-refractivity contribution in [2.24, 2.45) is 0 Å². The van der Waals surface area contributed by atoms with E-state index < -0.39 is 5.63 Å². The number of para-hydroxylation sites is 1. The van der Waals surface area contributed by atoms with Crippen molar-refractivity contribution in [3.63, 3.8) is 0 Å². The maximum absolute atomic E-state index is 12.8. The molecular formula is C23H18N2O5S2. The zero-order valence-corrected chi connectivity index (χ0v) is 18.6. The molecule has 1 saturated heterocycles. The number of methoxy groups -OCH3 is 1. The van der Waals surface area contributed by atoms with Gasteiger partial charge in [0.1, 0.15) is 15.7 Å². The second-order valence-electron chi connectivity index (χ2n) is 6.88. The summed E-state index contributed by atoms with van der Waals surface area (Å²) in [5.41, 5.74) is 1.35. The summed E-state index contributed by atoms with van der Waals surface area (Å²) in [5, 5.41) is 3.49. The lowest BCUT2D eigenvalue weighted by atomic mass is 10.2. The summed E-state index contributed by atoms with van der Waals surface area (Å²) >= 11 is 6.55. The van der Waals surface area contributed by atoms with Crippen LogP contribution in [-0.2, 0) is 9.59 Å². The van der Waals surface area contributed by atoms with Gasteiger partial charge in [0.05, 0.1) is 12.0 Å². The Hall–Kier alpha value is -3.43. The van der Waals surface area contributed by atoms with Crippen LogP contribution in [-0.4, -0.2) is 34.7 Å². The molecule has 0 unspecified atom stereocenters. The number of nitrogens with one attached hydrogen (secondary N) is 1. The van der Waals surface area contributed by atoms with Crippen LogP contribution in [0.2, 0.25) is 0 Å². The van der Waals surface area contributed by atoms with Crippen molar-refractivity contribution in [2.75, 3.05) is 19.0 Å². The van der Waals surface area contributed by atoms with Gasteiger partial charge in [-0.3, -0.25) is 14.5 Å². The van der Waals surface area contributed by atoms with E-state index in [9.17, 15) is 14.4 Å². The van der Waals surface area contributed by atoms with Gasteiger partial charge < -0.3 is 14.5 Å². The average molecular weight is 467 g/mol. The number of anilines is 1. The summed E-state index contributed by atoms with van der Waals surface area (Å²) in [7, 11) is 1.57. The van der Waals surface area contributed by atoms with Crippen LogP contribution in [0, 0.1) is 0 Å². The Morgan fingerprint density at radius 2 is 2.00 bits per heavy atom. The lowest BCUT2D eigenvalue weighted by Crippen LogP contribution is -2.31. The lowest BCUT2D eigenvalue weighted by molar-refractivity contribution is -0.122. The second kappa shape index (κ2) is 9.37. The first kappa shape index (κ1) is 21.8. The van der Waals surface area contributed by atoms with E-state index in [1.807, 2.05) is 24.3 Å². The first-order chi connectivity index (χ1) is 15.4. The molecule has 1 aromatic heterocycles. The van der Waals surface area contributed by atoms with Gasteiger partial charge in [-0.25, -0.2) is 4.79 Å². The Bertz CT molecular complexity index is 1310. The topological polar surface area (TPSA) is 88.8 Å². The molecule has 1 aliphatic rings. The number of hydrogen-bond donors (Lipinski definition) is 1. The van der Waals surface area contributed by atoms with Crippen molar-refractivity contribution in [1.82, 2.24) is 4.90 Å². The zero-order chi connectivity index (χ0) is 22.7. The Morgan fingerprint density at radius 1 is 1.19 bits per heavy atom. The number of thioether (sulfide) groups is 1. The van der Waals surface area contributed by atoms with Gasteiger partial charge in [0, 0.05) is 35.7 Å². The van der Waals surface area contributed by atoms with Crippen LogP contribution in [0.3, 0.4) is 0 Å². The molecule has 0 radical (unpaired) electrons. The number of thiocarbonyl (C=S) groups is 1. The van der Waals surface area contributed by atoms with Gasteiger partial charge in [-0.1, -0.05) is 42.2 Å². The molecule has 2 heterocycles. The molecule has 0 spiro atoms. The van der Waals surface area contributed by atoms with Crippen LogP contribution in [0.15, 0.2) is 68.7 Å². The molecule has 0 saturated carbocycles. The smallest absolute Gasteiger partial charge is 0.336 e. The Morgan fingerprint density at radius 3 is 2.81 bits per heavy atom. The van der Waals surface area contributed by atoms with Gasteiger partial charge in [0.2, 0.25) is 5.91 Å². The quantitative estimate of drug-likeness (QED) is 0.333. The molecule has 2 amide bonds. The van der Waals surface area contributed by atoms with Gasteiger partial charge in [0.25, 0.3) is 5.91 Å². The van der Waals surface area contributed by atoms with Crippen molar-refractivity contribution in [3.05, 3.63) is 75.5 Å². The number of rotatable bonds is 6. The Balaban J connectivity index is 1.40. The van der Waals surface area contributed by atoms with Gasteiger partial charge in [-0.05, 0) is 36.4 Å². The molecule has 32 heavy (non-hydrogen) atoms. The van der Waals surface area contributed by atoms with E-state index in [1.165, 1.54) is 22.7 Å². The van der Waals surface area contributed by atoms with E-state index in [-0.39, 0.29) is 24.8 Å². The maximum Gasteiger partial charge on any atom is 0.336 e. The molecule has 1 aliphatic heterocycles. The molecule has 0 aliphatic carbocycles. The summed E-state index contributed by atoms with van der Waals surface area (Å²) in [6.07, 6.45) is 1.82. The van der Waals surface area contributed by atoms with Crippen LogP contribution in [0.5, 0.6) is 5.75 Å². The highest BCUT2D eigenvalue weighted by Crippen LogP contribution is 2.34. The van der Waals surface area contributed by atoms with Crippen molar-refractivity contribution in [3.8, 4) is 5.75 Å². The number of fused-ring (bicyclic) bond motifs is 1. The van der Waals surface area contributed by atoms with E-state index in [0.29, 0.717) is 31.6 Å². The standard InChI is InChI=1S/C23H18N2O5S2/c1-29-17-5-3-2-4-14(17)13-19-22(28)25(23(31)32-19)11-10-20(26)24-16-7-8-18-15(12-16)6-9-21(27)30-18/h2-9,12-13H,10-11H2,1H3,(H,24,26)/b19-13-. The molecule has 0 atom stereocenters. The molecule has 1 fully saturated rings. The SMILES string of the molecule is COc1ccccc1/C=C1\SC(=S)N(CCC(=O)Nc2ccc3oc(=O)ccc3c2)C1=O. The minimum absolute atomic E-state index is 0.0797. The van der Waals surface area contributed by atoms with E-state index in [1.54, 1.807) is 37.5 Å². The van der Waals surface area contributed by atoms with Gasteiger partial charge in [-0.2, -0.15) is 0 Å². The number of hydrogen-bond acceptors (Lipinski definition) is 7. The first-order valence-corrected chi connectivity index (χ1v) is 10.9. The molecule has 2 aromatic carbocycles. The average Bonchev–Trinajstić information content (AvgIpc) is 3.05. The lowest BCUT2D eigenvalue weighted by Gasteiger charge is -2.14. The van der Waals surface area contributed by atoms with Crippen LogP contribution < -0.4 is 15.7 Å². The third-order valence-electron chi connectivity index (χ3n) is 4.76. The van der Waals surface area contributed by atoms with Crippen molar-refractivity contribution >= 4 is 62.8 Å². The summed E-state index contributed by atoms with van der Waals surface area (Å²) in [6, 6.07) is 15.3. The van der Waals surface area contributed by atoms with E-state index in [2.05, 4.69) is 5.32 Å². The third kappa shape index (κ3) is 4.74. The molecule has 0 bridgehead atoms. The summed E-state index contributed by atoms with van der Waals surface area (Å²) in [4.78, 5) is 38.4. The Labute approximate surface area is 193 Å². The Kier molecular flexibility index (Phi) is 6.38. The minimum atomic E-state index is -0.433. The van der Waals surface area contributed by atoms with Gasteiger partial charge in [0.15, 0.2) is 0 Å². The fourth-order valence-electron chi connectivity index (χ4n) is 3.21.